The summed E-state index contributed by atoms with van der Waals surface area (Å²) >= 11 is 1.49. The maximum Gasteiger partial charge on any atom is 0.214 e. The fourth-order valence-corrected chi connectivity index (χ4v) is 3.27. The average Bonchev–Trinajstić information content (AvgIpc) is 3.11. The Hall–Kier alpha value is -3.00. The van der Waals surface area contributed by atoms with Crippen molar-refractivity contribution in [2.24, 2.45) is 0 Å². The van der Waals surface area contributed by atoms with Crippen LogP contribution in [0.5, 0.6) is 11.5 Å². The topological polar surface area (TPSA) is 74.1 Å². The van der Waals surface area contributed by atoms with E-state index in [0.29, 0.717) is 0 Å². The van der Waals surface area contributed by atoms with Crippen molar-refractivity contribution >= 4 is 17.5 Å². The van der Waals surface area contributed by atoms with Gasteiger partial charge in [-0.1, -0.05) is 11.8 Å². The quantitative estimate of drug-likeness (QED) is 0.773. The summed E-state index contributed by atoms with van der Waals surface area (Å²) in [6, 6.07) is 9.47. The SMILES string of the molecule is COc1ccc(OC)c(C2=CSc3nnc(-c4ccncc4)n3N2)c1. The first-order chi connectivity index (χ1) is 12.3. The number of hydrogen-bond donors (Lipinski definition) is 1. The van der Waals surface area contributed by atoms with Crippen LogP contribution in [0.25, 0.3) is 17.1 Å². The Morgan fingerprint density at radius 3 is 2.64 bits per heavy atom. The van der Waals surface area contributed by atoms with Gasteiger partial charge in [-0.25, -0.2) is 4.68 Å². The first-order valence-electron chi connectivity index (χ1n) is 7.52. The van der Waals surface area contributed by atoms with Crippen LogP contribution in [0.1, 0.15) is 5.56 Å². The van der Waals surface area contributed by atoms with Crippen LogP contribution in [-0.4, -0.2) is 34.1 Å². The van der Waals surface area contributed by atoms with E-state index in [1.165, 1.54) is 11.8 Å². The summed E-state index contributed by atoms with van der Waals surface area (Å²) in [6.07, 6.45) is 3.46. The molecule has 1 aliphatic rings. The number of hydrogen-bond acceptors (Lipinski definition) is 7. The summed E-state index contributed by atoms with van der Waals surface area (Å²) < 4.78 is 12.7. The van der Waals surface area contributed by atoms with Crippen LogP contribution >= 0.6 is 11.8 Å². The van der Waals surface area contributed by atoms with Crippen LogP contribution in [0.2, 0.25) is 0 Å². The normalized spacial score (nSPS) is 12.8. The van der Waals surface area contributed by atoms with Crippen molar-refractivity contribution in [2.45, 2.75) is 5.16 Å². The number of aromatic nitrogens is 4. The van der Waals surface area contributed by atoms with Crippen molar-refractivity contribution in [3.63, 3.8) is 0 Å². The van der Waals surface area contributed by atoms with Crippen LogP contribution in [0.15, 0.2) is 53.3 Å². The fraction of sp³-hybridized carbons (Fsp3) is 0.118. The number of nitrogens with one attached hydrogen (secondary N) is 1. The number of fused-ring (bicyclic) bond motifs is 1. The number of methoxy groups -OCH3 is 2. The Kier molecular flexibility index (Phi) is 4.02. The predicted octanol–water partition coefficient (Wildman–Crippen LogP) is 3.01. The van der Waals surface area contributed by atoms with Gasteiger partial charge in [-0.3, -0.25) is 10.4 Å². The molecule has 7 nitrogen and oxygen atoms in total. The first kappa shape index (κ1) is 15.5. The van der Waals surface area contributed by atoms with E-state index >= 15 is 0 Å². The summed E-state index contributed by atoms with van der Waals surface area (Å²) in [4.78, 5) is 4.05. The Labute approximate surface area is 148 Å². The van der Waals surface area contributed by atoms with Crippen molar-refractivity contribution in [3.8, 4) is 22.9 Å². The van der Waals surface area contributed by atoms with Gasteiger partial charge in [0.05, 0.1) is 19.9 Å². The number of benzene rings is 1. The molecule has 3 aromatic rings. The highest BCUT2D eigenvalue weighted by atomic mass is 32.2. The highest BCUT2D eigenvalue weighted by Crippen LogP contribution is 2.35. The molecule has 126 valence electrons. The van der Waals surface area contributed by atoms with Crippen molar-refractivity contribution in [1.82, 2.24) is 19.9 Å². The summed E-state index contributed by atoms with van der Waals surface area (Å²) in [7, 11) is 3.29. The summed E-state index contributed by atoms with van der Waals surface area (Å²) in [5, 5.41) is 11.3. The van der Waals surface area contributed by atoms with Gasteiger partial charge in [0.25, 0.3) is 0 Å². The lowest BCUT2D eigenvalue weighted by atomic mass is 10.1. The lowest BCUT2D eigenvalue weighted by Gasteiger charge is -2.21. The van der Waals surface area contributed by atoms with E-state index in [0.717, 1.165) is 39.3 Å². The molecule has 25 heavy (non-hydrogen) atoms. The number of nitrogens with zero attached hydrogens (tertiary/aromatic N) is 4. The second-order valence-corrected chi connectivity index (χ2v) is 6.04. The largest absolute Gasteiger partial charge is 0.497 e. The molecule has 0 atom stereocenters. The summed E-state index contributed by atoms with van der Waals surface area (Å²) in [5.41, 5.74) is 6.07. The van der Waals surface area contributed by atoms with Crippen LogP contribution in [0.4, 0.5) is 0 Å². The average molecular weight is 353 g/mol. The highest BCUT2D eigenvalue weighted by Gasteiger charge is 2.21. The van der Waals surface area contributed by atoms with E-state index in [9.17, 15) is 0 Å². The molecule has 1 N–H and O–H groups in total. The van der Waals surface area contributed by atoms with Gasteiger partial charge in [0.2, 0.25) is 5.16 Å². The molecule has 3 heterocycles. The zero-order valence-electron chi connectivity index (χ0n) is 13.6. The van der Waals surface area contributed by atoms with E-state index in [1.807, 2.05) is 40.4 Å². The van der Waals surface area contributed by atoms with Crippen LogP contribution in [0.3, 0.4) is 0 Å². The molecular formula is C17H15N5O2S. The maximum atomic E-state index is 5.49. The maximum absolute atomic E-state index is 5.49. The molecule has 0 fully saturated rings. The minimum Gasteiger partial charge on any atom is -0.497 e. The highest BCUT2D eigenvalue weighted by molar-refractivity contribution is 8.02. The smallest absolute Gasteiger partial charge is 0.214 e. The Bertz CT molecular complexity index is 939. The zero-order valence-corrected chi connectivity index (χ0v) is 14.4. The molecule has 0 aliphatic carbocycles. The molecular weight excluding hydrogens is 338 g/mol. The van der Waals surface area contributed by atoms with Crippen molar-refractivity contribution < 1.29 is 9.47 Å². The lowest BCUT2D eigenvalue weighted by molar-refractivity contribution is 0.402. The third-order valence-corrected chi connectivity index (χ3v) is 4.61. The van der Waals surface area contributed by atoms with Gasteiger partial charge in [-0.05, 0) is 30.3 Å². The Morgan fingerprint density at radius 2 is 1.88 bits per heavy atom. The van der Waals surface area contributed by atoms with Gasteiger partial charge in [0.15, 0.2) is 5.82 Å². The van der Waals surface area contributed by atoms with E-state index in [-0.39, 0.29) is 0 Å². The molecule has 1 aliphatic heterocycles. The zero-order chi connectivity index (χ0) is 17.2. The van der Waals surface area contributed by atoms with E-state index in [4.69, 9.17) is 9.47 Å². The molecule has 0 saturated heterocycles. The Balaban J connectivity index is 1.74. The molecule has 8 heteroatoms. The number of ether oxygens (including phenoxy) is 2. The first-order valence-corrected chi connectivity index (χ1v) is 8.40. The molecule has 0 saturated carbocycles. The second-order valence-electron chi connectivity index (χ2n) is 5.20. The molecule has 0 unspecified atom stereocenters. The molecule has 0 amide bonds. The molecule has 1 aromatic carbocycles. The van der Waals surface area contributed by atoms with E-state index in [2.05, 4.69) is 20.6 Å². The summed E-state index contributed by atoms with van der Waals surface area (Å²) in [5.74, 6) is 2.23. The van der Waals surface area contributed by atoms with Crippen molar-refractivity contribution in [2.75, 3.05) is 19.6 Å². The third kappa shape index (κ3) is 2.80. The van der Waals surface area contributed by atoms with Gasteiger partial charge in [0.1, 0.15) is 11.5 Å². The van der Waals surface area contributed by atoms with Gasteiger partial charge in [-0.2, -0.15) is 0 Å². The van der Waals surface area contributed by atoms with Crippen LogP contribution < -0.4 is 14.9 Å². The number of thioether (sulfide) groups is 1. The standard InChI is InChI=1S/C17H15N5O2S/c1-23-12-3-4-15(24-2)13(9-12)14-10-25-17-20-19-16(22(17)21-14)11-5-7-18-8-6-11/h3-10,21H,1-2H3. The summed E-state index contributed by atoms with van der Waals surface area (Å²) in [6.45, 7) is 0. The van der Waals surface area contributed by atoms with Crippen molar-refractivity contribution in [1.29, 1.82) is 0 Å². The van der Waals surface area contributed by atoms with Crippen LogP contribution in [-0.2, 0) is 0 Å². The van der Waals surface area contributed by atoms with Gasteiger partial charge in [0, 0.05) is 28.9 Å². The van der Waals surface area contributed by atoms with E-state index in [1.54, 1.807) is 26.6 Å². The van der Waals surface area contributed by atoms with Gasteiger partial charge < -0.3 is 9.47 Å². The lowest BCUT2D eigenvalue weighted by Crippen LogP contribution is -2.18. The second kappa shape index (κ2) is 6.48. The van der Waals surface area contributed by atoms with Crippen LogP contribution in [0, 0.1) is 0 Å². The minimum atomic E-state index is 0.720. The molecule has 0 radical (unpaired) electrons. The van der Waals surface area contributed by atoms with E-state index < -0.39 is 0 Å². The molecule has 0 spiro atoms. The Morgan fingerprint density at radius 1 is 1.04 bits per heavy atom. The predicted molar refractivity (Wildman–Crippen MR) is 96.0 cm³/mol. The fourth-order valence-electron chi connectivity index (χ4n) is 2.54. The number of pyridine rings is 1. The third-order valence-electron chi connectivity index (χ3n) is 3.78. The molecule has 2 aromatic heterocycles. The van der Waals surface area contributed by atoms with Gasteiger partial charge >= 0.3 is 0 Å². The van der Waals surface area contributed by atoms with Gasteiger partial charge in [-0.15, -0.1) is 10.2 Å². The molecule has 0 bridgehead atoms. The number of rotatable bonds is 4. The van der Waals surface area contributed by atoms with Crippen molar-refractivity contribution in [3.05, 3.63) is 53.7 Å². The molecule has 4 rings (SSSR count). The monoisotopic (exact) mass is 353 g/mol. The minimum absolute atomic E-state index is 0.720.